The number of phenolic OH excluding ortho intramolecular Hbond substituents is 1. The Hall–Kier alpha value is -1.81. The first-order valence-corrected chi connectivity index (χ1v) is 4.73. The van der Waals surface area contributed by atoms with E-state index in [1.54, 1.807) is 16.8 Å². The van der Waals surface area contributed by atoms with E-state index < -0.39 is 0 Å². The summed E-state index contributed by atoms with van der Waals surface area (Å²) in [5.74, 6) is 0.258. The molecule has 2 rings (SSSR count). The third kappa shape index (κ3) is 1.85. The van der Waals surface area contributed by atoms with Gasteiger partial charge in [-0.15, -0.1) is 0 Å². The molecule has 0 aliphatic rings. The Labute approximate surface area is 88.0 Å². The number of nitrogens with two attached hydrogens (primary N) is 1. The lowest BCUT2D eigenvalue weighted by Gasteiger charge is -1.96. The van der Waals surface area contributed by atoms with E-state index in [9.17, 15) is 0 Å². The number of phenols is 1. The van der Waals surface area contributed by atoms with E-state index >= 15 is 0 Å². The van der Waals surface area contributed by atoms with E-state index in [2.05, 4.69) is 5.10 Å². The van der Waals surface area contributed by atoms with Gasteiger partial charge in [-0.05, 0) is 30.3 Å². The first-order valence-electron chi connectivity index (χ1n) is 4.73. The van der Waals surface area contributed by atoms with Gasteiger partial charge in [-0.1, -0.05) is 0 Å². The molecule has 15 heavy (non-hydrogen) atoms. The Morgan fingerprint density at radius 2 is 2.00 bits per heavy atom. The predicted molar refractivity (Wildman–Crippen MR) is 58.2 cm³/mol. The molecule has 1 aromatic carbocycles. The van der Waals surface area contributed by atoms with Crippen LogP contribution in [0.4, 0.5) is 0 Å². The Kier molecular flexibility index (Phi) is 2.43. The van der Waals surface area contributed by atoms with Gasteiger partial charge in [0.1, 0.15) is 5.75 Å². The summed E-state index contributed by atoms with van der Waals surface area (Å²) in [6.07, 6.45) is 0. The van der Waals surface area contributed by atoms with Gasteiger partial charge in [0.05, 0.1) is 11.4 Å². The molecule has 4 heteroatoms. The van der Waals surface area contributed by atoms with Crippen molar-refractivity contribution in [3.63, 3.8) is 0 Å². The lowest BCUT2D eigenvalue weighted by molar-refractivity contribution is 0.475. The van der Waals surface area contributed by atoms with Crippen molar-refractivity contribution in [2.75, 3.05) is 0 Å². The number of aromatic nitrogens is 2. The Balaban J connectivity index is 2.41. The molecular formula is C11H13N3O. The van der Waals surface area contributed by atoms with Crippen molar-refractivity contribution in [1.29, 1.82) is 0 Å². The molecule has 0 saturated carbocycles. The van der Waals surface area contributed by atoms with Gasteiger partial charge in [0.15, 0.2) is 0 Å². The number of hydrogen-bond acceptors (Lipinski definition) is 3. The molecule has 0 amide bonds. The summed E-state index contributed by atoms with van der Waals surface area (Å²) in [4.78, 5) is 0. The highest BCUT2D eigenvalue weighted by Crippen LogP contribution is 2.21. The van der Waals surface area contributed by atoms with E-state index in [1.165, 1.54) is 0 Å². The average molecular weight is 203 g/mol. The number of hydrogen-bond donors (Lipinski definition) is 2. The quantitative estimate of drug-likeness (QED) is 0.772. The first-order chi connectivity index (χ1) is 7.20. The molecule has 78 valence electrons. The standard InChI is InChI=1S/C11H13N3O/c1-14-9(7-12)6-11(13-14)8-2-4-10(15)5-3-8/h2-6,15H,7,12H2,1H3. The average Bonchev–Trinajstić information content (AvgIpc) is 2.61. The lowest BCUT2D eigenvalue weighted by atomic mass is 10.1. The molecule has 0 aliphatic heterocycles. The van der Waals surface area contributed by atoms with Crippen LogP contribution in [0.3, 0.4) is 0 Å². The Bertz CT molecular complexity index is 459. The Morgan fingerprint density at radius 3 is 2.53 bits per heavy atom. The normalized spacial score (nSPS) is 10.5. The molecule has 0 spiro atoms. The zero-order valence-electron chi connectivity index (χ0n) is 8.51. The molecule has 1 aromatic heterocycles. The van der Waals surface area contributed by atoms with Crippen LogP contribution in [0.25, 0.3) is 11.3 Å². The van der Waals surface area contributed by atoms with Gasteiger partial charge in [0.25, 0.3) is 0 Å². The number of aryl methyl sites for hydroxylation is 1. The highest BCUT2D eigenvalue weighted by atomic mass is 16.3. The molecule has 0 bridgehead atoms. The van der Waals surface area contributed by atoms with Gasteiger partial charge in [0.2, 0.25) is 0 Å². The maximum absolute atomic E-state index is 9.16. The molecule has 2 aromatic rings. The van der Waals surface area contributed by atoms with Crippen LogP contribution in [-0.2, 0) is 13.6 Å². The summed E-state index contributed by atoms with van der Waals surface area (Å²) in [5, 5.41) is 13.5. The van der Waals surface area contributed by atoms with Crippen LogP contribution < -0.4 is 5.73 Å². The van der Waals surface area contributed by atoms with Crippen LogP contribution in [0.5, 0.6) is 5.75 Å². The molecule has 0 fully saturated rings. The van der Waals surface area contributed by atoms with Crippen LogP contribution in [0.2, 0.25) is 0 Å². The van der Waals surface area contributed by atoms with Gasteiger partial charge in [-0.25, -0.2) is 0 Å². The second-order valence-electron chi connectivity index (χ2n) is 3.40. The van der Waals surface area contributed by atoms with Crippen molar-refractivity contribution in [3.05, 3.63) is 36.0 Å². The van der Waals surface area contributed by atoms with Crippen LogP contribution in [0.1, 0.15) is 5.69 Å². The van der Waals surface area contributed by atoms with Gasteiger partial charge >= 0.3 is 0 Å². The zero-order valence-corrected chi connectivity index (χ0v) is 8.51. The summed E-state index contributed by atoms with van der Waals surface area (Å²) in [6, 6.07) is 8.90. The van der Waals surface area contributed by atoms with Gasteiger partial charge in [0, 0.05) is 19.2 Å². The lowest BCUT2D eigenvalue weighted by Crippen LogP contribution is -2.03. The summed E-state index contributed by atoms with van der Waals surface area (Å²) in [5.41, 5.74) is 8.40. The van der Waals surface area contributed by atoms with Crippen molar-refractivity contribution in [2.45, 2.75) is 6.54 Å². The summed E-state index contributed by atoms with van der Waals surface area (Å²) >= 11 is 0. The molecule has 4 nitrogen and oxygen atoms in total. The van der Waals surface area contributed by atoms with E-state index in [1.807, 2.05) is 25.2 Å². The molecule has 0 saturated heterocycles. The highest BCUT2D eigenvalue weighted by Gasteiger charge is 2.05. The minimum Gasteiger partial charge on any atom is -0.508 e. The molecule has 0 atom stereocenters. The maximum atomic E-state index is 9.16. The topological polar surface area (TPSA) is 64.1 Å². The number of aromatic hydroxyl groups is 1. The van der Waals surface area contributed by atoms with Gasteiger partial charge < -0.3 is 10.8 Å². The largest absolute Gasteiger partial charge is 0.508 e. The predicted octanol–water partition coefficient (Wildman–Crippen LogP) is 1.25. The van der Waals surface area contributed by atoms with Crippen molar-refractivity contribution < 1.29 is 5.11 Å². The van der Waals surface area contributed by atoms with Crippen LogP contribution in [0, 0.1) is 0 Å². The molecule has 0 radical (unpaired) electrons. The molecular weight excluding hydrogens is 190 g/mol. The molecule has 1 heterocycles. The van der Waals surface area contributed by atoms with Crippen molar-refractivity contribution in [2.24, 2.45) is 12.8 Å². The van der Waals surface area contributed by atoms with Gasteiger partial charge in [-0.2, -0.15) is 5.10 Å². The maximum Gasteiger partial charge on any atom is 0.115 e. The summed E-state index contributed by atoms with van der Waals surface area (Å²) in [6.45, 7) is 0.474. The first kappa shape index (κ1) is 9.73. The third-order valence-corrected chi connectivity index (χ3v) is 2.35. The monoisotopic (exact) mass is 203 g/mol. The zero-order chi connectivity index (χ0) is 10.8. The van der Waals surface area contributed by atoms with Crippen molar-refractivity contribution >= 4 is 0 Å². The fourth-order valence-electron chi connectivity index (χ4n) is 1.47. The minimum atomic E-state index is 0.258. The van der Waals surface area contributed by atoms with Crippen LogP contribution in [0.15, 0.2) is 30.3 Å². The number of nitrogens with zero attached hydrogens (tertiary/aromatic N) is 2. The third-order valence-electron chi connectivity index (χ3n) is 2.35. The smallest absolute Gasteiger partial charge is 0.115 e. The van der Waals surface area contributed by atoms with Crippen molar-refractivity contribution in [3.8, 4) is 17.0 Å². The molecule has 0 aliphatic carbocycles. The van der Waals surface area contributed by atoms with E-state index in [-0.39, 0.29) is 5.75 Å². The van der Waals surface area contributed by atoms with Gasteiger partial charge in [-0.3, -0.25) is 4.68 Å². The van der Waals surface area contributed by atoms with Crippen LogP contribution >= 0.6 is 0 Å². The number of rotatable bonds is 2. The molecule has 0 unspecified atom stereocenters. The van der Waals surface area contributed by atoms with E-state index in [0.717, 1.165) is 17.0 Å². The Morgan fingerprint density at radius 1 is 1.33 bits per heavy atom. The van der Waals surface area contributed by atoms with E-state index in [4.69, 9.17) is 10.8 Å². The SMILES string of the molecule is Cn1nc(-c2ccc(O)cc2)cc1CN. The molecule has 3 N–H and O–H groups in total. The number of benzene rings is 1. The second-order valence-corrected chi connectivity index (χ2v) is 3.40. The fourth-order valence-corrected chi connectivity index (χ4v) is 1.47. The summed E-state index contributed by atoms with van der Waals surface area (Å²) < 4.78 is 1.77. The van der Waals surface area contributed by atoms with Crippen LogP contribution in [-0.4, -0.2) is 14.9 Å². The highest BCUT2D eigenvalue weighted by molar-refractivity contribution is 5.60. The second kappa shape index (κ2) is 3.74. The van der Waals surface area contributed by atoms with E-state index in [0.29, 0.717) is 6.54 Å². The summed E-state index contributed by atoms with van der Waals surface area (Å²) in [7, 11) is 1.87. The fraction of sp³-hybridized carbons (Fsp3) is 0.182. The van der Waals surface area contributed by atoms with Crippen molar-refractivity contribution in [1.82, 2.24) is 9.78 Å². The minimum absolute atomic E-state index is 0.258.